The number of amides is 1. The second-order valence-electron chi connectivity index (χ2n) is 8.49. The van der Waals surface area contributed by atoms with Gasteiger partial charge in [-0.3, -0.25) is 10.6 Å². The molecule has 0 bridgehead atoms. The van der Waals surface area contributed by atoms with Gasteiger partial charge in [0.15, 0.2) is 0 Å². The second-order valence-corrected chi connectivity index (χ2v) is 8.93. The first-order valence-corrected chi connectivity index (χ1v) is 11.8. The van der Waals surface area contributed by atoms with Gasteiger partial charge in [-0.1, -0.05) is 18.5 Å². The predicted octanol–water partition coefficient (Wildman–Crippen LogP) is 3.69. The largest absolute Gasteiger partial charge is 0.335 e. The van der Waals surface area contributed by atoms with Crippen molar-refractivity contribution in [3.63, 3.8) is 0 Å². The van der Waals surface area contributed by atoms with E-state index in [-0.39, 0.29) is 11.9 Å². The van der Waals surface area contributed by atoms with Crippen LogP contribution in [0.4, 0.5) is 17.3 Å². The fourth-order valence-corrected chi connectivity index (χ4v) is 4.30. The Morgan fingerprint density at radius 2 is 1.94 bits per heavy atom. The van der Waals surface area contributed by atoms with E-state index in [0.717, 1.165) is 47.6 Å². The molecule has 3 aromatic rings. The monoisotopic (exact) mass is 479 g/mol. The number of nitrogens with two attached hydrogens (primary N) is 1. The molecule has 0 unspecified atom stereocenters. The third kappa shape index (κ3) is 5.83. The Morgan fingerprint density at radius 1 is 1.18 bits per heavy atom. The average Bonchev–Trinajstić information content (AvgIpc) is 2.79. The molecule has 1 saturated heterocycles. The van der Waals surface area contributed by atoms with E-state index in [1.54, 1.807) is 24.3 Å². The first kappa shape index (κ1) is 23.9. The van der Waals surface area contributed by atoms with Crippen molar-refractivity contribution in [2.24, 2.45) is 5.84 Å². The lowest BCUT2D eigenvalue weighted by Crippen LogP contribution is -2.60. The van der Waals surface area contributed by atoms with E-state index in [0.29, 0.717) is 29.6 Å². The summed E-state index contributed by atoms with van der Waals surface area (Å²) in [6.07, 6.45) is 3.54. The van der Waals surface area contributed by atoms with E-state index in [2.05, 4.69) is 28.0 Å². The summed E-state index contributed by atoms with van der Waals surface area (Å²) in [4.78, 5) is 23.7. The predicted molar refractivity (Wildman–Crippen MR) is 137 cm³/mol. The van der Waals surface area contributed by atoms with E-state index in [9.17, 15) is 4.79 Å². The molecule has 0 spiro atoms. The topological polar surface area (TPSA) is 108 Å². The van der Waals surface area contributed by atoms with Crippen LogP contribution in [0.1, 0.15) is 34.1 Å². The number of nitrogen functional groups attached to an aromatic ring is 1. The number of benzene rings is 2. The van der Waals surface area contributed by atoms with Crippen LogP contribution in [0.2, 0.25) is 5.02 Å². The van der Waals surface area contributed by atoms with Gasteiger partial charge < -0.3 is 21.0 Å². The van der Waals surface area contributed by atoms with Crippen LogP contribution in [0.25, 0.3) is 0 Å². The lowest BCUT2D eigenvalue weighted by atomic mass is 10.1. The highest BCUT2D eigenvalue weighted by Gasteiger charge is 2.30. The summed E-state index contributed by atoms with van der Waals surface area (Å²) in [6.45, 7) is 6.28. The van der Waals surface area contributed by atoms with Crippen molar-refractivity contribution in [1.29, 1.82) is 0 Å². The quantitative estimate of drug-likeness (QED) is 0.274. The SMILES string of the molecule is CCc1cnc(Nc2cc(C)cc(Cl)c2)nc1CCNC1CN(C(=O)c2ccc(NN)cc2)C1. The Hall–Kier alpha value is -3.20. The fraction of sp³-hybridized carbons (Fsp3) is 0.320. The molecular weight excluding hydrogens is 450 g/mol. The number of aryl methyl sites for hydroxylation is 2. The summed E-state index contributed by atoms with van der Waals surface area (Å²) in [5.74, 6) is 5.98. The highest BCUT2D eigenvalue weighted by atomic mass is 35.5. The van der Waals surface area contributed by atoms with Gasteiger partial charge >= 0.3 is 0 Å². The number of anilines is 3. The van der Waals surface area contributed by atoms with Gasteiger partial charge in [-0.2, -0.15) is 0 Å². The zero-order valence-corrected chi connectivity index (χ0v) is 20.2. The van der Waals surface area contributed by atoms with Crippen molar-refractivity contribution in [2.75, 3.05) is 30.4 Å². The number of carbonyl (C=O) groups is 1. The van der Waals surface area contributed by atoms with Gasteiger partial charge in [0.25, 0.3) is 5.91 Å². The number of rotatable bonds is 9. The van der Waals surface area contributed by atoms with Crippen molar-refractivity contribution in [3.8, 4) is 0 Å². The van der Waals surface area contributed by atoms with Crippen LogP contribution in [0.5, 0.6) is 0 Å². The first-order valence-electron chi connectivity index (χ1n) is 11.4. The lowest BCUT2D eigenvalue weighted by molar-refractivity contribution is 0.0568. The van der Waals surface area contributed by atoms with Crippen molar-refractivity contribution in [2.45, 2.75) is 32.7 Å². The molecular formula is C25H30ClN7O. The van der Waals surface area contributed by atoms with Crippen LogP contribution in [0.15, 0.2) is 48.7 Å². The Labute approximate surface area is 204 Å². The van der Waals surface area contributed by atoms with Crippen LogP contribution in [0.3, 0.4) is 0 Å². The van der Waals surface area contributed by atoms with Gasteiger partial charge in [0, 0.05) is 60.3 Å². The maximum Gasteiger partial charge on any atom is 0.253 e. The minimum absolute atomic E-state index is 0.0395. The standard InChI is InChI=1S/C25H30ClN7O/c1-3-17-13-29-25(30-21-11-16(2)10-19(26)12-21)31-23(17)8-9-28-22-14-33(15-22)24(34)18-4-6-20(32-27)7-5-18/h4-7,10-13,22,28,32H,3,8-9,14-15,27H2,1-2H3,(H,29,30,31). The molecule has 0 radical (unpaired) electrons. The number of aromatic nitrogens is 2. The van der Waals surface area contributed by atoms with E-state index >= 15 is 0 Å². The van der Waals surface area contributed by atoms with Crippen LogP contribution >= 0.6 is 11.6 Å². The van der Waals surface area contributed by atoms with Gasteiger partial charge in [0.1, 0.15) is 0 Å². The number of halogens is 1. The first-order chi connectivity index (χ1) is 16.4. The number of likely N-dealkylation sites (tertiary alicyclic amines) is 1. The molecule has 9 heteroatoms. The molecule has 1 aliphatic rings. The summed E-state index contributed by atoms with van der Waals surface area (Å²) in [7, 11) is 0. The lowest BCUT2D eigenvalue weighted by Gasteiger charge is -2.40. The minimum atomic E-state index is 0.0395. The number of carbonyl (C=O) groups excluding carboxylic acids is 1. The summed E-state index contributed by atoms with van der Waals surface area (Å²) in [5, 5.41) is 7.47. The normalized spacial score (nSPS) is 13.5. The van der Waals surface area contributed by atoms with Crippen LogP contribution < -0.4 is 21.9 Å². The molecule has 1 amide bonds. The molecule has 0 atom stereocenters. The molecule has 1 aliphatic heterocycles. The maximum absolute atomic E-state index is 12.6. The van der Waals surface area contributed by atoms with Gasteiger partial charge in [0.05, 0.1) is 5.69 Å². The summed E-state index contributed by atoms with van der Waals surface area (Å²) in [5.41, 5.74) is 8.10. The second kappa shape index (κ2) is 10.8. The summed E-state index contributed by atoms with van der Waals surface area (Å²) >= 11 is 6.17. The zero-order valence-electron chi connectivity index (χ0n) is 19.4. The summed E-state index contributed by atoms with van der Waals surface area (Å²) < 4.78 is 0. The van der Waals surface area contributed by atoms with E-state index in [1.807, 2.05) is 36.2 Å². The van der Waals surface area contributed by atoms with E-state index in [1.165, 1.54) is 0 Å². The number of hydrogen-bond acceptors (Lipinski definition) is 7. The van der Waals surface area contributed by atoms with Gasteiger partial charge in [0.2, 0.25) is 5.95 Å². The summed E-state index contributed by atoms with van der Waals surface area (Å²) in [6, 6.07) is 13.2. The molecule has 5 N–H and O–H groups in total. The molecule has 34 heavy (non-hydrogen) atoms. The highest BCUT2D eigenvalue weighted by Crippen LogP contribution is 2.22. The van der Waals surface area contributed by atoms with Gasteiger partial charge in [-0.05, 0) is 66.9 Å². The van der Waals surface area contributed by atoms with Crippen LogP contribution in [0, 0.1) is 6.92 Å². The molecule has 0 aliphatic carbocycles. The maximum atomic E-state index is 12.6. The Morgan fingerprint density at radius 3 is 2.62 bits per heavy atom. The van der Waals surface area contributed by atoms with Crippen molar-refractivity contribution in [3.05, 3.63) is 76.1 Å². The van der Waals surface area contributed by atoms with Gasteiger partial charge in [-0.15, -0.1) is 0 Å². The third-order valence-corrected chi connectivity index (χ3v) is 6.11. The van der Waals surface area contributed by atoms with Gasteiger partial charge in [-0.25, -0.2) is 9.97 Å². The number of hydrazine groups is 1. The van der Waals surface area contributed by atoms with Crippen molar-refractivity contribution in [1.82, 2.24) is 20.2 Å². The van der Waals surface area contributed by atoms with E-state index < -0.39 is 0 Å². The van der Waals surface area contributed by atoms with Crippen LogP contribution in [-0.2, 0) is 12.8 Å². The highest BCUT2D eigenvalue weighted by molar-refractivity contribution is 6.30. The fourth-order valence-electron chi connectivity index (χ4n) is 4.01. The molecule has 1 fully saturated rings. The average molecular weight is 480 g/mol. The Kier molecular flexibility index (Phi) is 7.62. The number of nitrogens with one attached hydrogen (secondary N) is 3. The Balaban J connectivity index is 1.29. The zero-order chi connectivity index (χ0) is 24.1. The van der Waals surface area contributed by atoms with Crippen LogP contribution in [-0.4, -0.2) is 46.5 Å². The van der Waals surface area contributed by atoms with Crippen molar-refractivity contribution >= 4 is 34.8 Å². The molecule has 4 rings (SSSR count). The number of nitrogens with zero attached hydrogens (tertiary/aromatic N) is 3. The molecule has 8 nitrogen and oxygen atoms in total. The molecule has 2 aromatic carbocycles. The van der Waals surface area contributed by atoms with E-state index in [4.69, 9.17) is 22.4 Å². The van der Waals surface area contributed by atoms with Crippen molar-refractivity contribution < 1.29 is 4.79 Å². The minimum Gasteiger partial charge on any atom is -0.335 e. The molecule has 1 aromatic heterocycles. The third-order valence-electron chi connectivity index (χ3n) is 5.90. The Bertz CT molecular complexity index is 1130. The molecule has 178 valence electrons. The number of hydrogen-bond donors (Lipinski definition) is 4. The molecule has 2 heterocycles. The smallest absolute Gasteiger partial charge is 0.253 e. The molecule has 0 saturated carbocycles.